The molecule has 5 heteroatoms. The van der Waals surface area contributed by atoms with E-state index < -0.39 is 10.0 Å². The second kappa shape index (κ2) is 5.28. The first-order valence-corrected chi connectivity index (χ1v) is 7.89. The minimum absolute atomic E-state index is 0.201. The molecule has 1 aromatic carbocycles. The Morgan fingerprint density at radius 3 is 2.50 bits per heavy atom. The fourth-order valence-electron chi connectivity index (χ4n) is 2.42. The van der Waals surface area contributed by atoms with Crippen molar-refractivity contribution in [1.82, 2.24) is 5.32 Å². The monoisotopic (exact) mass is 268 g/mol. The quantitative estimate of drug-likeness (QED) is 0.873. The first kappa shape index (κ1) is 13.4. The van der Waals surface area contributed by atoms with Crippen LogP contribution in [-0.2, 0) is 10.0 Å². The lowest BCUT2D eigenvalue weighted by Gasteiger charge is -2.12. The fourth-order valence-corrected chi connectivity index (χ4v) is 3.89. The molecule has 0 saturated carbocycles. The molecular formula is C13H20N2O2S. The lowest BCUT2D eigenvalue weighted by atomic mass is 10.1. The van der Waals surface area contributed by atoms with Crippen LogP contribution in [0, 0.1) is 19.8 Å². The van der Waals surface area contributed by atoms with Gasteiger partial charge in [-0.15, -0.1) is 0 Å². The average Bonchev–Trinajstić information content (AvgIpc) is 2.66. The standard InChI is InChI=1S/C13H20N2O2S/c1-10-5-11(2)7-13(6-10)15-18(16,17)9-12-3-4-14-8-12/h5-7,12,14-15H,3-4,8-9H2,1-2H3. The highest BCUT2D eigenvalue weighted by Gasteiger charge is 2.22. The van der Waals surface area contributed by atoms with Gasteiger partial charge in [0.1, 0.15) is 0 Å². The van der Waals surface area contributed by atoms with Crippen molar-refractivity contribution in [1.29, 1.82) is 0 Å². The molecule has 1 fully saturated rings. The molecular weight excluding hydrogens is 248 g/mol. The number of hydrogen-bond acceptors (Lipinski definition) is 3. The molecule has 0 radical (unpaired) electrons. The summed E-state index contributed by atoms with van der Waals surface area (Å²) in [7, 11) is -3.24. The number of anilines is 1. The van der Waals surface area contributed by atoms with Gasteiger partial charge in [-0.25, -0.2) is 8.42 Å². The Labute approximate surface area is 109 Å². The molecule has 2 rings (SSSR count). The summed E-state index contributed by atoms with van der Waals surface area (Å²) in [5.74, 6) is 0.431. The molecule has 0 amide bonds. The van der Waals surface area contributed by atoms with Gasteiger partial charge >= 0.3 is 0 Å². The summed E-state index contributed by atoms with van der Waals surface area (Å²) in [5.41, 5.74) is 2.80. The van der Waals surface area contributed by atoms with E-state index in [2.05, 4.69) is 10.0 Å². The number of rotatable bonds is 4. The minimum atomic E-state index is -3.24. The van der Waals surface area contributed by atoms with Gasteiger partial charge in [-0.2, -0.15) is 0 Å². The van der Waals surface area contributed by atoms with Crippen molar-refractivity contribution in [2.75, 3.05) is 23.6 Å². The van der Waals surface area contributed by atoms with Crippen molar-refractivity contribution in [2.24, 2.45) is 5.92 Å². The molecule has 0 aromatic heterocycles. The largest absolute Gasteiger partial charge is 0.316 e. The maximum atomic E-state index is 12.0. The molecule has 100 valence electrons. The Kier molecular flexibility index (Phi) is 3.92. The van der Waals surface area contributed by atoms with Crippen LogP contribution in [0.3, 0.4) is 0 Å². The third-order valence-electron chi connectivity index (χ3n) is 3.11. The van der Waals surface area contributed by atoms with Gasteiger partial charge in [0.15, 0.2) is 0 Å². The number of benzene rings is 1. The maximum absolute atomic E-state index is 12.0. The third-order valence-corrected chi connectivity index (χ3v) is 4.57. The number of aryl methyl sites for hydroxylation is 2. The fraction of sp³-hybridized carbons (Fsp3) is 0.538. The molecule has 1 unspecified atom stereocenters. The Hall–Kier alpha value is -1.07. The molecule has 1 aliphatic heterocycles. The zero-order chi connectivity index (χ0) is 13.2. The predicted molar refractivity (Wildman–Crippen MR) is 74.3 cm³/mol. The Bertz CT molecular complexity index is 500. The normalized spacial score (nSPS) is 20.0. The molecule has 2 N–H and O–H groups in total. The van der Waals surface area contributed by atoms with E-state index in [9.17, 15) is 8.42 Å². The molecule has 4 nitrogen and oxygen atoms in total. The summed E-state index contributed by atoms with van der Waals surface area (Å²) in [6.45, 7) is 5.65. The smallest absolute Gasteiger partial charge is 0.233 e. The van der Waals surface area contributed by atoms with Gasteiger partial charge in [0, 0.05) is 5.69 Å². The van der Waals surface area contributed by atoms with Crippen LogP contribution >= 0.6 is 0 Å². The van der Waals surface area contributed by atoms with Crippen LogP contribution in [-0.4, -0.2) is 27.3 Å². The van der Waals surface area contributed by atoms with E-state index in [4.69, 9.17) is 0 Å². The first-order chi connectivity index (χ1) is 8.44. The molecule has 0 aliphatic carbocycles. The van der Waals surface area contributed by atoms with Gasteiger partial charge < -0.3 is 5.32 Å². The third kappa shape index (κ3) is 3.71. The summed E-state index contributed by atoms with van der Waals surface area (Å²) in [5, 5.41) is 3.18. The van der Waals surface area contributed by atoms with E-state index in [1.807, 2.05) is 32.0 Å². The number of sulfonamides is 1. The average molecular weight is 268 g/mol. The van der Waals surface area contributed by atoms with Crippen LogP contribution < -0.4 is 10.0 Å². The van der Waals surface area contributed by atoms with Crippen molar-refractivity contribution in [3.8, 4) is 0 Å². The Morgan fingerprint density at radius 1 is 1.28 bits per heavy atom. The van der Waals surface area contributed by atoms with Gasteiger partial charge in [0.05, 0.1) is 5.75 Å². The lowest BCUT2D eigenvalue weighted by Crippen LogP contribution is -2.24. The number of nitrogens with one attached hydrogen (secondary N) is 2. The summed E-state index contributed by atoms with van der Waals surface area (Å²) < 4.78 is 26.8. The molecule has 0 bridgehead atoms. The van der Waals surface area contributed by atoms with Crippen LogP contribution in [0.25, 0.3) is 0 Å². The van der Waals surface area contributed by atoms with Gasteiger partial charge in [-0.1, -0.05) is 6.07 Å². The van der Waals surface area contributed by atoms with E-state index in [0.717, 1.165) is 30.6 Å². The van der Waals surface area contributed by atoms with Gasteiger partial charge in [0.2, 0.25) is 10.0 Å². The van der Waals surface area contributed by atoms with E-state index in [1.54, 1.807) is 0 Å². The van der Waals surface area contributed by atoms with Crippen molar-refractivity contribution >= 4 is 15.7 Å². The van der Waals surface area contributed by atoms with E-state index in [1.165, 1.54) is 0 Å². The number of hydrogen-bond donors (Lipinski definition) is 2. The van der Waals surface area contributed by atoms with Crippen LogP contribution in [0.15, 0.2) is 18.2 Å². The van der Waals surface area contributed by atoms with Gasteiger partial charge in [0.25, 0.3) is 0 Å². The van der Waals surface area contributed by atoms with Crippen molar-refractivity contribution in [2.45, 2.75) is 20.3 Å². The van der Waals surface area contributed by atoms with Crippen molar-refractivity contribution in [3.63, 3.8) is 0 Å². The lowest BCUT2D eigenvalue weighted by molar-refractivity contribution is 0.575. The van der Waals surface area contributed by atoms with Crippen LogP contribution in [0.4, 0.5) is 5.69 Å². The van der Waals surface area contributed by atoms with E-state index >= 15 is 0 Å². The molecule has 1 aromatic rings. The molecule has 1 aliphatic rings. The van der Waals surface area contributed by atoms with Crippen LogP contribution in [0.2, 0.25) is 0 Å². The van der Waals surface area contributed by atoms with Crippen LogP contribution in [0.5, 0.6) is 0 Å². The van der Waals surface area contributed by atoms with Crippen molar-refractivity contribution in [3.05, 3.63) is 29.3 Å². The Morgan fingerprint density at radius 2 is 1.94 bits per heavy atom. The highest BCUT2D eigenvalue weighted by atomic mass is 32.2. The molecule has 0 spiro atoms. The summed E-state index contributed by atoms with van der Waals surface area (Å²) in [6, 6.07) is 5.74. The first-order valence-electron chi connectivity index (χ1n) is 6.24. The Balaban J connectivity index is 2.06. The highest BCUT2D eigenvalue weighted by molar-refractivity contribution is 7.92. The highest BCUT2D eigenvalue weighted by Crippen LogP contribution is 2.17. The molecule has 18 heavy (non-hydrogen) atoms. The zero-order valence-corrected chi connectivity index (χ0v) is 11.7. The van der Waals surface area contributed by atoms with Gasteiger partial charge in [-0.3, -0.25) is 4.72 Å². The maximum Gasteiger partial charge on any atom is 0.233 e. The van der Waals surface area contributed by atoms with E-state index in [0.29, 0.717) is 5.69 Å². The van der Waals surface area contributed by atoms with Crippen molar-refractivity contribution < 1.29 is 8.42 Å². The summed E-state index contributed by atoms with van der Waals surface area (Å²) in [6.07, 6.45) is 0.938. The minimum Gasteiger partial charge on any atom is -0.316 e. The molecule has 1 saturated heterocycles. The molecule has 1 heterocycles. The summed E-state index contributed by atoms with van der Waals surface area (Å²) in [4.78, 5) is 0. The second-order valence-corrected chi connectivity index (χ2v) is 6.89. The second-order valence-electron chi connectivity index (χ2n) is 5.12. The SMILES string of the molecule is Cc1cc(C)cc(NS(=O)(=O)CC2CCNC2)c1. The van der Waals surface area contributed by atoms with Gasteiger partial charge in [-0.05, 0) is 62.5 Å². The van der Waals surface area contributed by atoms with Crippen LogP contribution in [0.1, 0.15) is 17.5 Å². The van der Waals surface area contributed by atoms with E-state index in [-0.39, 0.29) is 11.7 Å². The summed E-state index contributed by atoms with van der Waals surface area (Å²) >= 11 is 0. The predicted octanol–water partition coefficient (Wildman–Crippen LogP) is 1.65. The molecule has 1 atom stereocenters. The zero-order valence-electron chi connectivity index (χ0n) is 10.9. The topological polar surface area (TPSA) is 58.2 Å².